The van der Waals surface area contributed by atoms with Crippen LogP contribution in [0.25, 0.3) is 11.3 Å². The van der Waals surface area contributed by atoms with E-state index in [0.717, 1.165) is 16.1 Å². The van der Waals surface area contributed by atoms with Gasteiger partial charge in [0.25, 0.3) is 11.5 Å². The van der Waals surface area contributed by atoms with Crippen LogP contribution in [0.2, 0.25) is 0 Å². The number of benzene rings is 1. The van der Waals surface area contributed by atoms with Gasteiger partial charge in [0.2, 0.25) is 0 Å². The molecule has 0 saturated carbocycles. The number of hydrogen-bond donors (Lipinski definition) is 1. The smallest absolute Gasteiger partial charge is 0.257 e. The highest BCUT2D eigenvalue weighted by atomic mass is 32.1. The average molecular weight is 339 g/mol. The predicted molar refractivity (Wildman–Crippen MR) is 96.7 cm³/mol. The molecule has 0 aliphatic carbocycles. The van der Waals surface area contributed by atoms with Crippen molar-refractivity contribution in [3.8, 4) is 11.3 Å². The molecular formula is C18H17N3O2S. The number of thiazole rings is 1. The lowest BCUT2D eigenvalue weighted by atomic mass is 10.1. The van der Waals surface area contributed by atoms with Gasteiger partial charge in [-0.1, -0.05) is 29.8 Å². The molecule has 0 spiro atoms. The highest BCUT2D eigenvalue weighted by Gasteiger charge is 2.13. The second-order valence-electron chi connectivity index (χ2n) is 5.61. The van der Waals surface area contributed by atoms with E-state index in [2.05, 4.69) is 10.3 Å². The van der Waals surface area contributed by atoms with Crippen molar-refractivity contribution in [3.05, 3.63) is 69.0 Å². The van der Waals surface area contributed by atoms with Gasteiger partial charge in [-0.2, -0.15) is 0 Å². The first-order valence-electron chi connectivity index (χ1n) is 7.46. The fourth-order valence-electron chi connectivity index (χ4n) is 2.29. The summed E-state index contributed by atoms with van der Waals surface area (Å²) in [6.45, 7) is 4.01. The van der Waals surface area contributed by atoms with Gasteiger partial charge >= 0.3 is 0 Å². The summed E-state index contributed by atoms with van der Waals surface area (Å²) < 4.78 is 1.42. The Kier molecular flexibility index (Phi) is 4.31. The molecule has 0 radical (unpaired) electrons. The number of aromatic nitrogens is 2. The van der Waals surface area contributed by atoms with Crippen molar-refractivity contribution >= 4 is 22.4 Å². The maximum Gasteiger partial charge on any atom is 0.257 e. The number of aryl methyl sites for hydroxylation is 3. The minimum absolute atomic E-state index is 0.224. The van der Waals surface area contributed by atoms with Crippen molar-refractivity contribution in [1.29, 1.82) is 0 Å². The lowest BCUT2D eigenvalue weighted by Crippen LogP contribution is -2.19. The number of anilines is 1. The molecule has 0 fully saturated rings. The van der Waals surface area contributed by atoms with Gasteiger partial charge in [-0.25, -0.2) is 4.98 Å². The van der Waals surface area contributed by atoms with E-state index in [-0.39, 0.29) is 11.5 Å². The maximum atomic E-state index is 12.3. The van der Waals surface area contributed by atoms with Crippen LogP contribution in [0, 0.1) is 13.8 Å². The molecule has 6 heteroatoms. The minimum Gasteiger partial charge on any atom is -0.319 e. The Bertz CT molecular complexity index is 955. The molecule has 1 aromatic carbocycles. The van der Waals surface area contributed by atoms with Gasteiger partial charge in [0.15, 0.2) is 5.13 Å². The van der Waals surface area contributed by atoms with Crippen molar-refractivity contribution in [2.45, 2.75) is 13.8 Å². The molecule has 0 bridgehead atoms. The quantitative estimate of drug-likeness (QED) is 0.795. The van der Waals surface area contributed by atoms with Gasteiger partial charge in [0.1, 0.15) is 0 Å². The summed E-state index contributed by atoms with van der Waals surface area (Å²) in [6.07, 6.45) is 1.57. The lowest BCUT2D eigenvalue weighted by Gasteiger charge is -2.02. The Labute approximate surface area is 143 Å². The van der Waals surface area contributed by atoms with E-state index in [1.54, 1.807) is 19.3 Å². The van der Waals surface area contributed by atoms with E-state index in [9.17, 15) is 9.59 Å². The molecule has 2 aromatic heterocycles. The first-order chi connectivity index (χ1) is 11.4. The Morgan fingerprint density at radius 3 is 2.54 bits per heavy atom. The molecule has 0 unspecified atom stereocenters. The Hall–Kier alpha value is -2.73. The van der Waals surface area contributed by atoms with Crippen LogP contribution < -0.4 is 10.9 Å². The van der Waals surface area contributed by atoms with Crippen LogP contribution in [0.4, 0.5) is 5.13 Å². The van der Waals surface area contributed by atoms with Crippen LogP contribution in [-0.4, -0.2) is 15.5 Å². The van der Waals surface area contributed by atoms with Gasteiger partial charge in [0.05, 0.1) is 5.69 Å². The molecule has 0 aliphatic rings. The third-order valence-corrected chi connectivity index (χ3v) is 4.59. The molecule has 3 aromatic rings. The van der Waals surface area contributed by atoms with Crippen LogP contribution in [0.3, 0.4) is 0 Å². The molecule has 1 amide bonds. The zero-order valence-corrected chi connectivity index (χ0v) is 14.5. The van der Waals surface area contributed by atoms with Crippen LogP contribution in [0.1, 0.15) is 20.8 Å². The minimum atomic E-state index is -0.336. The number of rotatable bonds is 3. The van der Waals surface area contributed by atoms with Crippen LogP contribution in [0.5, 0.6) is 0 Å². The highest BCUT2D eigenvalue weighted by Crippen LogP contribution is 2.30. The number of carbonyl (C=O) groups excluding carboxylic acids is 1. The Morgan fingerprint density at radius 1 is 1.17 bits per heavy atom. The van der Waals surface area contributed by atoms with E-state index in [4.69, 9.17) is 0 Å². The summed E-state index contributed by atoms with van der Waals surface area (Å²) in [4.78, 5) is 29.5. The zero-order valence-electron chi connectivity index (χ0n) is 13.7. The molecule has 24 heavy (non-hydrogen) atoms. The standard InChI is InChI=1S/C18H17N3O2S/c1-11-4-6-13(7-5-11)16-12(2)24-18(19-16)20-17(23)14-8-9-21(3)15(22)10-14/h4-10H,1-3H3,(H,19,20,23). The molecule has 1 N–H and O–H groups in total. The average Bonchev–Trinajstić information content (AvgIpc) is 2.91. The second kappa shape index (κ2) is 6.41. The van der Waals surface area contributed by atoms with Gasteiger partial charge in [-0.05, 0) is 19.9 Å². The van der Waals surface area contributed by atoms with Gasteiger partial charge in [0, 0.05) is 35.3 Å². The molecule has 3 rings (SSSR count). The van der Waals surface area contributed by atoms with Crippen LogP contribution in [-0.2, 0) is 7.05 Å². The number of pyridine rings is 1. The van der Waals surface area contributed by atoms with Gasteiger partial charge in [-0.15, -0.1) is 11.3 Å². The fraction of sp³-hybridized carbons (Fsp3) is 0.167. The van der Waals surface area contributed by atoms with Gasteiger partial charge < -0.3 is 4.57 Å². The topological polar surface area (TPSA) is 64.0 Å². The molecule has 5 nitrogen and oxygen atoms in total. The summed E-state index contributed by atoms with van der Waals surface area (Å²) in [7, 11) is 1.64. The summed E-state index contributed by atoms with van der Waals surface area (Å²) in [6, 6.07) is 11.0. The highest BCUT2D eigenvalue weighted by molar-refractivity contribution is 7.16. The van der Waals surface area contributed by atoms with E-state index < -0.39 is 0 Å². The summed E-state index contributed by atoms with van der Waals surface area (Å²) in [5.74, 6) is -0.336. The van der Waals surface area contributed by atoms with Crippen LogP contribution >= 0.6 is 11.3 Å². The zero-order chi connectivity index (χ0) is 17.3. The molecular weight excluding hydrogens is 322 g/mol. The molecule has 2 heterocycles. The first kappa shape index (κ1) is 16.1. The normalized spacial score (nSPS) is 10.6. The Balaban J connectivity index is 1.84. The number of amides is 1. The lowest BCUT2D eigenvalue weighted by molar-refractivity contribution is 0.102. The van der Waals surface area contributed by atoms with Crippen molar-refractivity contribution in [1.82, 2.24) is 9.55 Å². The van der Waals surface area contributed by atoms with E-state index in [1.807, 2.05) is 38.1 Å². The summed E-state index contributed by atoms with van der Waals surface area (Å²) >= 11 is 1.42. The van der Waals surface area contributed by atoms with E-state index >= 15 is 0 Å². The SMILES string of the molecule is Cc1ccc(-c2nc(NC(=O)c3ccn(C)c(=O)c3)sc2C)cc1. The van der Waals surface area contributed by atoms with Crippen molar-refractivity contribution in [3.63, 3.8) is 0 Å². The molecule has 0 saturated heterocycles. The van der Waals surface area contributed by atoms with Crippen molar-refractivity contribution in [2.75, 3.05) is 5.32 Å². The molecule has 122 valence electrons. The monoisotopic (exact) mass is 339 g/mol. The first-order valence-corrected chi connectivity index (χ1v) is 8.28. The number of hydrogen-bond acceptors (Lipinski definition) is 4. The summed E-state index contributed by atoms with van der Waals surface area (Å²) in [5.41, 5.74) is 3.16. The summed E-state index contributed by atoms with van der Waals surface area (Å²) in [5, 5.41) is 3.29. The van der Waals surface area contributed by atoms with Gasteiger partial charge in [-0.3, -0.25) is 14.9 Å². The number of nitrogens with zero attached hydrogens (tertiary/aromatic N) is 2. The van der Waals surface area contributed by atoms with E-state index in [1.165, 1.54) is 27.5 Å². The number of carbonyl (C=O) groups is 1. The molecule has 0 atom stereocenters. The molecule has 0 aliphatic heterocycles. The predicted octanol–water partition coefficient (Wildman–Crippen LogP) is 3.38. The Morgan fingerprint density at radius 2 is 1.88 bits per heavy atom. The fourth-order valence-corrected chi connectivity index (χ4v) is 3.12. The van der Waals surface area contributed by atoms with Crippen molar-refractivity contribution < 1.29 is 4.79 Å². The maximum absolute atomic E-state index is 12.3. The largest absolute Gasteiger partial charge is 0.319 e. The third-order valence-electron chi connectivity index (χ3n) is 3.71. The second-order valence-corrected chi connectivity index (χ2v) is 6.81. The van der Waals surface area contributed by atoms with Crippen LogP contribution in [0.15, 0.2) is 47.4 Å². The third kappa shape index (κ3) is 3.28. The van der Waals surface area contributed by atoms with Crippen molar-refractivity contribution in [2.24, 2.45) is 7.05 Å². The van der Waals surface area contributed by atoms with E-state index in [0.29, 0.717) is 10.7 Å². The number of nitrogens with one attached hydrogen (secondary N) is 1.